The molecule has 1 rings (SSSR count). The fourth-order valence-corrected chi connectivity index (χ4v) is 1.85. The van der Waals surface area contributed by atoms with E-state index >= 15 is 0 Å². The van der Waals surface area contributed by atoms with Crippen LogP contribution in [-0.2, 0) is 9.59 Å². The predicted molar refractivity (Wildman–Crippen MR) is 83.8 cm³/mol. The summed E-state index contributed by atoms with van der Waals surface area (Å²) < 4.78 is 5.72. The van der Waals surface area contributed by atoms with Gasteiger partial charge < -0.3 is 15.0 Å². The van der Waals surface area contributed by atoms with Crippen LogP contribution in [0.15, 0.2) is 18.2 Å². The highest BCUT2D eigenvalue weighted by molar-refractivity contribution is 6.04. The largest absolute Gasteiger partial charge is 0.491 e. The van der Waals surface area contributed by atoms with E-state index in [-0.39, 0.29) is 18.1 Å². The van der Waals surface area contributed by atoms with Gasteiger partial charge in [-0.25, -0.2) is 0 Å². The van der Waals surface area contributed by atoms with Crippen LogP contribution in [0.5, 0.6) is 5.75 Å². The number of carbonyl (C=O) groups excluding carboxylic acids is 2. The van der Waals surface area contributed by atoms with Crippen molar-refractivity contribution in [1.82, 2.24) is 4.90 Å². The van der Waals surface area contributed by atoms with Crippen molar-refractivity contribution in [3.8, 4) is 5.75 Å². The van der Waals surface area contributed by atoms with E-state index in [1.54, 1.807) is 0 Å². The van der Waals surface area contributed by atoms with Gasteiger partial charge >= 0.3 is 0 Å². The SMILES string of the molecule is CC(=O)CC(=O)Nc1cc(C)ccc1OCCCN(C)C. The third-order valence-corrected chi connectivity index (χ3v) is 2.83. The summed E-state index contributed by atoms with van der Waals surface area (Å²) in [6, 6.07) is 5.62. The molecule has 0 spiro atoms. The summed E-state index contributed by atoms with van der Waals surface area (Å²) in [5.41, 5.74) is 1.64. The van der Waals surface area contributed by atoms with Crippen molar-refractivity contribution >= 4 is 17.4 Å². The van der Waals surface area contributed by atoms with E-state index < -0.39 is 0 Å². The molecule has 1 aromatic carbocycles. The number of ketones is 1. The third-order valence-electron chi connectivity index (χ3n) is 2.83. The zero-order chi connectivity index (χ0) is 15.8. The molecule has 1 N–H and O–H groups in total. The molecule has 0 atom stereocenters. The number of amides is 1. The van der Waals surface area contributed by atoms with Crippen LogP contribution in [0.2, 0.25) is 0 Å². The summed E-state index contributed by atoms with van der Waals surface area (Å²) >= 11 is 0. The molecule has 0 fully saturated rings. The highest BCUT2D eigenvalue weighted by atomic mass is 16.5. The Balaban J connectivity index is 2.66. The van der Waals surface area contributed by atoms with Crippen molar-refractivity contribution < 1.29 is 14.3 Å². The number of rotatable bonds is 8. The Bertz CT molecular complexity index is 498. The summed E-state index contributed by atoms with van der Waals surface area (Å²) in [5, 5.41) is 2.74. The van der Waals surface area contributed by atoms with Gasteiger partial charge in [0, 0.05) is 6.54 Å². The molecule has 1 amide bonds. The highest BCUT2D eigenvalue weighted by Gasteiger charge is 2.10. The molecule has 5 nitrogen and oxygen atoms in total. The Morgan fingerprint density at radius 1 is 1.29 bits per heavy atom. The van der Waals surface area contributed by atoms with E-state index in [4.69, 9.17) is 4.74 Å². The Morgan fingerprint density at radius 2 is 2.00 bits per heavy atom. The van der Waals surface area contributed by atoms with E-state index in [1.165, 1.54) is 6.92 Å². The molecule has 0 bridgehead atoms. The van der Waals surface area contributed by atoms with Crippen LogP contribution in [0.1, 0.15) is 25.3 Å². The summed E-state index contributed by atoms with van der Waals surface area (Å²) in [7, 11) is 4.03. The first-order chi connectivity index (χ1) is 9.88. The van der Waals surface area contributed by atoms with Gasteiger partial charge in [-0.3, -0.25) is 9.59 Å². The molecule has 0 aromatic heterocycles. The second-order valence-electron chi connectivity index (χ2n) is 5.43. The molecule has 0 heterocycles. The first-order valence-corrected chi connectivity index (χ1v) is 7.06. The average Bonchev–Trinajstić information content (AvgIpc) is 2.35. The first kappa shape index (κ1) is 17.2. The quantitative estimate of drug-likeness (QED) is 0.590. The summed E-state index contributed by atoms with van der Waals surface area (Å²) in [5.74, 6) is 0.163. The lowest BCUT2D eigenvalue weighted by Gasteiger charge is -2.14. The monoisotopic (exact) mass is 292 g/mol. The lowest BCUT2D eigenvalue weighted by atomic mass is 10.2. The minimum absolute atomic E-state index is 0.117. The second-order valence-corrected chi connectivity index (χ2v) is 5.43. The number of anilines is 1. The van der Waals surface area contributed by atoms with Gasteiger partial charge in [-0.2, -0.15) is 0 Å². The van der Waals surface area contributed by atoms with E-state index in [9.17, 15) is 9.59 Å². The van der Waals surface area contributed by atoms with Crippen molar-refractivity contribution in [2.24, 2.45) is 0 Å². The molecule has 0 saturated carbocycles. The van der Waals surface area contributed by atoms with Gasteiger partial charge in [-0.1, -0.05) is 6.07 Å². The van der Waals surface area contributed by atoms with E-state index in [0.717, 1.165) is 18.5 Å². The first-order valence-electron chi connectivity index (χ1n) is 7.06. The van der Waals surface area contributed by atoms with Crippen LogP contribution in [0.25, 0.3) is 0 Å². The van der Waals surface area contributed by atoms with Gasteiger partial charge in [-0.15, -0.1) is 0 Å². The standard InChI is InChI=1S/C16H24N2O3/c1-12-6-7-15(21-9-5-8-18(3)4)14(10-12)17-16(20)11-13(2)19/h6-7,10H,5,8-9,11H2,1-4H3,(H,17,20). The fourth-order valence-electron chi connectivity index (χ4n) is 1.85. The van der Waals surface area contributed by atoms with Gasteiger partial charge in [0.1, 0.15) is 11.5 Å². The zero-order valence-electron chi connectivity index (χ0n) is 13.2. The lowest BCUT2D eigenvalue weighted by molar-refractivity contribution is -0.124. The van der Waals surface area contributed by atoms with E-state index in [2.05, 4.69) is 10.2 Å². The summed E-state index contributed by atoms with van der Waals surface area (Å²) in [6.45, 7) is 4.86. The smallest absolute Gasteiger partial charge is 0.231 e. The molecular weight excluding hydrogens is 268 g/mol. The number of aryl methyl sites for hydroxylation is 1. The van der Waals surface area contributed by atoms with Crippen molar-refractivity contribution in [1.29, 1.82) is 0 Å². The fraction of sp³-hybridized carbons (Fsp3) is 0.500. The minimum Gasteiger partial charge on any atom is -0.491 e. The zero-order valence-corrected chi connectivity index (χ0v) is 13.2. The summed E-state index contributed by atoms with van der Waals surface area (Å²) in [4.78, 5) is 24.8. The number of nitrogens with one attached hydrogen (secondary N) is 1. The maximum Gasteiger partial charge on any atom is 0.231 e. The number of nitrogens with zero attached hydrogens (tertiary/aromatic N) is 1. The Morgan fingerprint density at radius 3 is 2.62 bits per heavy atom. The van der Waals surface area contributed by atoms with E-state index in [1.807, 2.05) is 39.2 Å². The number of benzene rings is 1. The van der Waals surface area contributed by atoms with Gasteiger partial charge in [0.2, 0.25) is 5.91 Å². The minimum atomic E-state index is -0.314. The van der Waals surface area contributed by atoms with Crippen molar-refractivity contribution in [3.05, 3.63) is 23.8 Å². The molecule has 0 aliphatic rings. The number of Topliss-reactive ketones (excluding diaryl/α,β-unsaturated/α-hetero) is 1. The van der Waals surface area contributed by atoms with Crippen LogP contribution in [0.4, 0.5) is 5.69 Å². The van der Waals surface area contributed by atoms with Gasteiger partial charge in [0.05, 0.1) is 18.7 Å². The molecule has 0 aliphatic carbocycles. The van der Waals surface area contributed by atoms with Crippen LogP contribution in [-0.4, -0.2) is 43.8 Å². The van der Waals surface area contributed by atoms with Crippen LogP contribution < -0.4 is 10.1 Å². The number of carbonyl (C=O) groups is 2. The number of hydrogen-bond donors (Lipinski definition) is 1. The van der Waals surface area contributed by atoms with E-state index in [0.29, 0.717) is 18.0 Å². The molecular formula is C16H24N2O3. The Kier molecular flexibility index (Phi) is 6.88. The van der Waals surface area contributed by atoms with Gasteiger partial charge in [0.25, 0.3) is 0 Å². The maximum atomic E-state index is 11.7. The highest BCUT2D eigenvalue weighted by Crippen LogP contribution is 2.26. The van der Waals surface area contributed by atoms with Gasteiger partial charge in [0.15, 0.2) is 0 Å². The van der Waals surface area contributed by atoms with Crippen molar-refractivity contribution in [2.45, 2.75) is 26.7 Å². The third kappa shape index (κ3) is 6.90. The van der Waals surface area contributed by atoms with Crippen LogP contribution in [0.3, 0.4) is 0 Å². The molecule has 116 valence electrons. The normalized spacial score (nSPS) is 10.5. The lowest BCUT2D eigenvalue weighted by Crippen LogP contribution is -2.17. The van der Waals surface area contributed by atoms with Crippen LogP contribution >= 0.6 is 0 Å². The Labute approximate surface area is 126 Å². The second kappa shape index (κ2) is 8.42. The molecule has 0 unspecified atom stereocenters. The molecule has 0 radical (unpaired) electrons. The molecule has 1 aromatic rings. The molecule has 0 saturated heterocycles. The number of ether oxygens (including phenoxy) is 1. The molecule has 5 heteroatoms. The van der Waals surface area contributed by atoms with Crippen molar-refractivity contribution in [3.63, 3.8) is 0 Å². The van der Waals surface area contributed by atoms with Gasteiger partial charge in [-0.05, 0) is 52.1 Å². The van der Waals surface area contributed by atoms with Crippen molar-refractivity contribution in [2.75, 3.05) is 32.6 Å². The maximum absolute atomic E-state index is 11.7. The number of hydrogen-bond acceptors (Lipinski definition) is 4. The molecule has 21 heavy (non-hydrogen) atoms. The van der Waals surface area contributed by atoms with Crippen LogP contribution in [0, 0.1) is 6.92 Å². The Hall–Kier alpha value is -1.88. The topological polar surface area (TPSA) is 58.6 Å². The predicted octanol–water partition coefficient (Wildman–Crippen LogP) is 2.24. The molecule has 0 aliphatic heterocycles. The average molecular weight is 292 g/mol. The summed E-state index contributed by atoms with van der Waals surface area (Å²) in [6.07, 6.45) is 0.787.